The number of nitrogens with zero attached hydrogens (tertiary/aromatic N) is 8. The van der Waals surface area contributed by atoms with Crippen LogP contribution in [0.3, 0.4) is 0 Å². The molecular weight excluding hydrogens is 482 g/mol. The van der Waals surface area contributed by atoms with Gasteiger partial charge >= 0.3 is 5.97 Å². The van der Waals surface area contributed by atoms with Crippen LogP contribution in [0.1, 0.15) is 42.8 Å². The molecule has 38 heavy (non-hydrogen) atoms. The number of hydrogen-bond donors (Lipinski definition) is 2. The Hall–Kier alpha value is -4.69. The Bertz CT molecular complexity index is 1510. The molecule has 1 fully saturated rings. The predicted molar refractivity (Wildman–Crippen MR) is 139 cm³/mol. The molecule has 192 valence electrons. The Morgan fingerprint density at radius 2 is 1.97 bits per heavy atom. The minimum absolute atomic E-state index is 0.00496. The molecular formula is C27H27N9O2. The van der Waals surface area contributed by atoms with Crippen LogP contribution in [-0.4, -0.2) is 59.0 Å². The molecule has 1 saturated heterocycles. The van der Waals surface area contributed by atoms with Crippen LogP contribution in [-0.2, 0) is 11.3 Å². The smallest absolute Gasteiger partial charge is 0.307 e. The summed E-state index contributed by atoms with van der Waals surface area (Å²) in [7, 11) is 0. The second-order valence-electron chi connectivity index (χ2n) is 9.39. The van der Waals surface area contributed by atoms with Gasteiger partial charge in [-0.25, -0.2) is 14.6 Å². The summed E-state index contributed by atoms with van der Waals surface area (Å²) >= 11 is 0. The first-order chi connectivity index (χ1) is 18.4. The van der Waals surface area contributed by atoms with E-state index in [1.54, 1.807) is 35.1 Å². The van der Waals surface area contributed by atoms with E-state index in [1.165, 1.54) is 0 Å². The lowest BCUT2D eigenvalue weighted by atomic mass is 9.96. The highest BCUT2D eigenvalue weighted by atomic mass is 16.4. The topological polar surface area (TPSA) is 160 Å². The van der Waals surface area contributed by atoms with Crippen LogP contribution in [0.25, 0.3) is 22.6 Å². The molecule has 0 spiro atoms. The third-order valence-corrected chi connectivity index (χ3v) is 6.76. The lowest BCUT2D eigenvalue weighted by Gasteiger charge is -2.35. The quantitative estimate of drug-likeness (QED) is 0.379. The molecule has 1 aliphatic rings. The average molecular weight is 510 g/mol. The van der Waals surface area contributed by atoms with E-state index in [-0.39, 0.29) is 17.9 Å². The zero-order valence-corrected chi connectivity index (χ0v) is 20.9. The number of carbonyl (C=O) groups is 1. The van der Waals surface area contributed by atoms with Crippen molar-refractivity contribution in [3.63, 3.8) is 0 Å². The number of carboxylic acid groups (broad SMARTS) is 1. The fraction of sp³-hybridized carbons (Fsp3) is 0.296. The van der Waals surface area contributed by atoms with Crippen molar-refractivity contribution in [2.75, 3.05) is 18.8 Å². The van der Waals surface area contributed by atoms with E-state index < -0.39 is 5.97 Å². The largest absolute Gasteiger partial charge is 0.481 e. The van der Waals surface area contributed by atoms with Gasteiger partial charge in [0, 0.05) is 18.2 Å². The van der Waals surface area contributed by atoms with Gasteiger partial charge in [0.25, 0.3) is 0 Å². The molecule has 0 amide bonds. The molecule has 11 heteroatoms. The van der Waals surface area contributed by atoms with Crippen molar-refractivity contribution in [3.8, 4) is 28.7 Å². The van der Waals surface area contributed by atoms with Gasteiger partial charge in [0.2, 0.25) is 5.95 Å². The van der Waals surface area contributed by atoms with Gasteiger partial charge in [-0.2, -0.15) is 5.26 Å². The minimum Gasteiger partial charge on any atom is -0.481 e. The van der Waals surface area contributed by atoms with Gasteiger partial charge in [-0.05, 0) is 56.6 Å². The number of carboxylic acids is 1. The minimum atomic E-state index is -0.737. The second-order valence-corrected chi connectivity index (χ2v) is 9.39. The number of nitrogen functional groups attached to an aromatic ring is 1. The third-order valence-electron chi connectivity index (χ3n) is 6.76. The first-order valence-corrected chi connectivity index (χ1v) is 12.4. The number of nitrogens with two attached hydrogens (primary N) is 1. The van der Waals surface area contributed by atoms with Crippen LogP contribution in [0.4, 0.5) is 5.95 Å². The summed E-state index contributed by atoms with van der Waals surface area (Å²) in [4.78, 5) is 27.1. The van der Waals surface area contributed by atoms with E-state index in [4.69, 9.17) is 10.7 Å². The first kappa shape index (κ1) is 25.0. The molecule has 0 radical (unpaired) electrons. The molecule has 0 aliphatic carbocycles. The highest BCUT2D eigenvalue weighted by molar-refractivity contribution is 5.70. The molecule has 0 bridgehead atoms. The van der Waals surface area contributed by atoms with Crippen molar-refractivity contribution in [2.45, 2.75) is 32.4 Å². The van der Waals surface area contributed by atoms with E-state index >= 15 is 0 Å². The number of hydrogen-bond acceptors (Lipinski definition) is 9. The fourth-order valence-electron chi connectivity index (χ4n) is 4.72. The van der Waals surface area contributed by atoms with Gasteiger partial charge in [0.15, 0.2) is 0 Å². The molecule has 1 aliphatic heterocycles. The van der Waals surface area contributed by atoms with Crippen LogP contribution >= 0.6 is 0 Å². The third kappa shape index (κ3) is 5.50. The molecule has 4 heterocycles. The van der Waals surface area contributed by atoms with Gasteiger partial charge in [-0.3, -0.25) is 14.7 Å². The van der Waals surface area contributed by atoms with E-state index in [9.17, 15) is 15.2 Å². The van der Waals surface area contributed by atoms with Crippen LogP contribution < -0.4 is 5.73 Å². The Kier molecular flexibility index (Phi) is 7.06. The molecule has 11 nitrogen and oxygen atoms in total. The lowest BCUT2D eigenvalue weighted by molar-refractivity contribution is -0.143. The normalized spacial score (nSPS) is 16.6. The lowest BCUT2D eigenvalue weighted by Crippen LogP contribution is -2.40. The zero-order chi connectivity index (χ0) is 26.6. The summed E-state index contributed by atoms with van der Waals surface area (Å²) in [6.45, 7) is 3.85. The molecule has 5 rings (SSSR count). The first-order valence-electron chi connectivity index (χ1n) is 12.4. The van der Waals surface area contributed by atoms with Crippen molar-refractivity contribution < 1.29 is 9.90 Å². The summed E-state index contributed by atoms with van der Waals surface area (Å²) in [5.74, 6) is -0.978. The van der Waals surface area contributed by atoms with Crippen LogP contribution in [0.2, 0.25) is 0 Å². The summed E-state index contributed by atoms with van der Waals surface area (Å²) in [5.41, 5.74) is 10.6. The Balaban J connectivity index is 1.33. The number of likely N-dealkylation sites (tertiary alicyclic amines) is 1. The Morgan fingerprint density at radius 1 is 1.16 bits per heavy atom. The number of nitriles is 1. The number of aliphatic carboxylic acids is 1. The zero-order valence-electron chi connectivity index (χ0n) is 20.9. The monoisotopic (exact) mass is 509 g/mol. The van der Waals surface area contributed by atoms with E-state index in [0.29, 0.717) is 42.2 Å². The average Bonchev–Trinajstić information content (AvgIpc) is 3.41. The van der Waals surface area contributed by atoms with E-state index in [0.717, 1.165) is 29.9 Å². The summed E-state index contributed by atoms with van der Waals surface area (Å²) in [5, 5.41) is 27.2. The molecule has 3 aromatic heterocycles. The van der Waals surface area contributed by atoms with Crippen molar-refractivity contribution in [3.05, 3.63) is 71.7 Å². The molecule has 2 atom stereocenters. The molecule has 0 saturated carbocycles. The summed E-state index contributed by atoms with van der Waals surface area (Å²) in [6, 6.07) is 16.9. The van der Waals surface area contributed by atoms with Gasteiger partial charge in [-0.1, -0.05) is 23.4 Å². The van der Waals surface area contributed by atoms with Gasteiger partial charge in [0.05, 0.1) is 53.1 Å². The van der Waals surface area contributed by atoms with Gasteiger partial charge in [-0.15, -0.1) is 5.10 Å². The van der Waals surface area contributed by atoms with Crippen molar-refractivity contribution >= 4 is 11.9 Å². The number of anilines is 1. The number of rotatable bonds is 7. The van der Waals surface area contributed by atoms with Crippen LogP contribution in [0.15, 0.2) is 54.7 Å². The predicted octanol–water partition coefficient (Wildman–Crippen LogP) is 3.16. The standard InChI is InChI=1S/C27H27N9O2/c1-17(35-10-4-7-20(14-35)26(37)38)22-9-3-8-21(30-22)15-36-16-25(33-34-36)24-12-23(31-27(29)32-24)19-6-2-5-18(11-19)13-28/h2-3,5-6,8-9,11-12,16-17,20H,4,7,10,14-15H2,1H3,(H,37,38)(H2,29,31,32). The van der Waals surface area contributed by atoms with Crippen molar-refractivity contribution in [1.82, 2.24) is 34.8 Å². The van der Waals surface area contributed by atoms with Crippen molar-refractivity contribution in [1.29, 1.82) is 5.26 Å². The Labute approximate surface area is 219 Å². The number of benzene rings is 1. The Morgan fingerprint density at radius 3 is 2.79 bits per heavy atom. The van der Waals surface area contributed by atoms with Gasteiger partial charge in [0.1, 0.15) is 5.69 Å². The number of pyridine rings is 1. The maximum Gasteiger partial charge on any atom is 0.307 e. The summed E-state index contributed by atoms with van der Waals surface area (Å²) in [6.07, 6.45) is 3.35. The molecule has 1 aromatic carbocycles. The highest BCUT2D eigenvalue weighted by Crippen LogP contribution is 2.27. The number of piperidine rings is 1. The summed E-state index contributed by atoms with van der Waals surface area (Å²) < 4.78 is 1.68. The molecule has 2 unspecified atom stereocenters. The molecule has 3 N–H and O–H groups in total. The number of aromatic nitrogens is 6. The second kappa shape index (κ2) is 10.7. The van der Waals surface area contributed by atoms with Gasteiger partial charge < -0.3 is 10.8 Å². The fourth-order valence-corrected chi connectivity index (χ4v) is 4.72. The van der Waals surface area contributed by atoms with E-state index in [1.807, 2.05) is 24.3 Å². The van der Waals surface area contributed by atoms with Crippen LogP contribution in [0, 0.1) is 17.2 Å². The van der Waals surface area contributed by atoms with Crippen molar-refractivity contribution in [2.24, 2.45) is 5.92 Å². The maximum atomic E-state index is 11.5. The van der Waals surface area contributed by atoms with Crippen LogP contribution in [0.5, 0.6) is 0 Å². The SMILES string of the molecule is CC(c1cccc(Cn2cc(-c3cc(-c4cccc(C#N)c4)nc(N)n3)nn2)n1)N1CCCC(C(=O)O)C1. The highest BCUT2D eigenvalue weighted by Gasteiger charge is 2.29. The maximum absolute atomic E-state index is 11.5. The molecule has 4 aromatic rings. The van der Waals surface area contributed by atoms with E-state index in [2.05, 4.69) is 38.2 Å².